The third-order valence-corrected chi connectivity index (χ3v) is 4.22. The molecule has 5 heteroatoms. The van der Waals surface area contributed by atoms with Crippen molar-refractivity contribution >= 4 is 17.7 Å². The van der Waals surface area contributed by atoms with Crippen LogP contribution in [0.2, 0.25) is 0 Å². The van der Waals surface area contributed by atoms with Crippen molar-refractivity contribution in [3.8, 4) is 0 Å². The number of nitrogens with two attached hydrogens (primary N) is 1. The lowest BCUT2D eigenvalue weighted by Crippen LogP contribution is -2.57. The van der Waals surface area contributed by atoms with E-state index in [0.717, 1.165) is 12.2 Å². The van der Waals surface area contributed by atoms with Gasteiger partial charge in [0.1, 0.15) is 5.54 Å². The summed E-state index contributed by atoms with van der Waals surface area (Å²) in [6, 6.07) is 0.303. The van der Waals surface area contributed by atoms with Crippen LogP contribution in [0.5, 0.6) is 0 Å². The molecule has 2 fully saturated rings. The first-order valence-electron chi connectivity index (χ1n) is 5.46. The lowest BCUT2D eigenvalue weighted by atomic mass is 9.98. The Kier molecular flexibility index (Phi) is 3.53. The van der Waals surface area contributed by atoms with Crippen LogP contribution in [0.4, 0.5) is 0 Å². The van der Waals surface area contributed by atoms with Crippen LogP contribution in [-0.4, -0.2) is 42.2 Å². The van der Waals surface area contributed by atoms with E-state index in [1.807, 2.05) is 11.8 Å². The van der Waals surface area contributed by atoms with E-state index in [4.69, 9.17) is 10.5 Å². The van der Waals surface area contributed by atoms with Gasteiger partial charge in [0.25, 0.3) is 0 Å². The largest absolute Gasteiger partial charge is 0.379 e. The molecule has 3 N–H and O–H groups in total. The Morgan fingerprint density at radius 1 is 1.60 bits per heavy atom. The van der Waals surface area contributed by atoms with Crippen molar-refractivity contribution in [3.05, 3.63) is 0 Å². The molecule has 0 saturated carbocycles. The van der Waals surface area contributed by atoms with E-state index in [1.165, 1.54) is 12.2 Å². The van der Waals surface area contributed by atoms with Crippen molar-refractivity contribution in [1.29, 1.82) is 0 Å². The number of hydrogen-bond donors (Lipinski definition) is 2. The first-order valence-corrected chi connectivity index (χ1v) is 6.61. The Labute approximate surface area is 94.3 Å². The summed E-state index contributed by atoms with van der Waals surface area (Å²) in [6.45, 7) is 0.960. The minimum absolute atomic E-state index is 0.0347. The molecule has 4 nitrogen and oxygen atoms in total. The van der Waals surface area contributed by atoms with Crippen LogP contribution in [0.3, 0.4) is 0 Å². The third kappa shape index (κ3) is 2.65. The minimum Gasteiger partial charge on any atom is -0.379 e. The van der Waals surface area contributed by atoms with Crippen LogP contribution >= 0.6 is 11.8 Å². The average Bonchev–Trinajstić information content (AvgIpc) is 2.68. The summed E-state index contributed by atoms with van der Waals surface area (Å²) in [6.07, 6.45) is 2.90. The molecular weight excluding hydrogens is 212 g/mol. The van der Waals surface area contributed by atoms with Crippen molar-refractivity contribution in [2.24, 2.45) is 5.73 Å². The van der Waals surface area contributed by atoms with Crippen LogP contribution in [0.1, 0.15) is 19.3 Å². The molecule has 0 spiro atoms. The summed E-state index contributed by atoms with van der Waals surface area (Å²) in [7, 11) is 0. The zero-order valence-corrected chi connectivity index (χ0v) is 9.65. The summed E-state index contributed by atoms with van der Waals surface area (Å²) >= 11 is 1.90. The molecule has 2 aliphatic rings. The van der Waals surface area contributed by atoms with Crippen molar-refractivity contribution in [1.82, 2.24) is 5.32 Å². The SMILES string of the molecule is NC1(C(=O)NC2CCCSC2)CCOC1. The van der Waals surface area contributed by atoms with Crippen LogP contribution in [-0.2, 0) is 9.53 Å². The van der Waals surface area contributed by atoms with Gasteiger partial charge in [-0.25, -0.2) is 0 Å². The number of thioether (sulfide) groups is 1. The van der Waals surface area contributed by atoms with Gasteiger partial charge in [0.15, 0.2) is 0 Å². The van der Waals surface area contributed by atoms with Gasteiger partial charge in [-0.1, -0.05) is 0 Å². The first-order chi connectivity index (χ1) is 7.21. The fourth-order valence-corrected chi connectivity index (χ4v) is 3.02. The summed E-state index contributed by atoms with van der Waals surface area (Å²) in [5, 5.41) is 3.04. The Bertz CT molecular complexity index is 236. The summed E-state index contributed by atoms with van der Waals surface area (Å²) in [4.78, 5) is 11.9. The van der Waals surface area contributed by atoms with E-state index in [-0.39, 0.29) is 5.91 Å². The third-order valence-electron chi connectivity index (χ3n) is 3.00. The molecule has 2 atom stereocenters. The van der Waals surface area contributed by atoms with E-state index >= 15 is 0 Å². The van der Waals surface area contributed by atoms with Crippen LogP contribution in [0, 0.1) is 0 Å². The van der Waals surface area contributed by atoms with Gasteiger partial charge in [0.2, 0.25) is 5.91 Å². The lowest BCUT2D eigenvalue weighted by molar-refractivity contribution is -0.127. The minimum atomic E-state index is -0.776. The van der Waals surface area contributed by atoms with Crippen molar-refractivity contribution < 1.29 is 9.53 Å². The molecule has 1 amide bonds. The second-order valence-corrected chi connectivity index (χ2v) is 5.50. The maximum Gasteiger partial charge on any atom is 0.242 e. The predicted octanol–water partition coefficient (Wildman–Crippen LogP) is 0.116. The highest BCUT2D eigenvalue weighted by Gasteiger charge is 2.39. The normalized spacial score (nSPS) is 36.5. The zero-order valence-electron chi connectivity index (χ0n) is 8.83. The maximum absolute atomic E-state index is 11.9. The number of carbonyl (C=O) groups excluding carboxylic acids is 1. The van der Waals surface area contributed by atoms with Gasteiger partial charge >= 0.3 is 0 Å². The molecule has 2 aliphatic heterocycles. The molecule has 0 aromatic heterocycles. The fourth-order valence-electron chi connectivity index (χ4n) is 1.94. The van der Waals surface area contributed by atoms with Gasteiger partial charge in [-0.15, -0.1) is 0 Å². The number of amides is 1. The van der Waals surface area contributed by atoms with Crippen molar-refractivity contribution in [2.45, 2.75) is 30.8 Å². The Hall–Kier alpha value is -0.260. The highest BCUT2D eigenvalue weighted by Crippen LogP contribution is 2.19. The second-order valence-electron chi connectivity index (χ2n) is 4.35. The van der Waals surface area contributed by atoms with Gasteiger partial charge in [0.05, 0.1) is 6.61 Å². The smallest absolute Gasteiger partial charge is 0.242 e. The average molecular weight is 230 g/mol. The fraction of sp³-hybridized carbons (Fsp3) is 0.900. The maximum atomic E-state index is 11.9. The molecule has 0 aromatic rings. The number of ether oxygens (including phenoxy) is 1. The van der Waals surface area contributed by atoms with E-state index in [0.29, 0.717) is 25.7 Å². The molecule has 0 bridgehead atoms. The van der Waals surface area contributed by atoms with Gasteiger partial charge < -0.3 is 15.8 Å². The van der Waals surface area contributed by atoms with Gasteiger partial charge in [-0.2, -0.15) is 11.8 Å². The molecule has 15 heavy (non-hydrogen) atoms. The van der Waals surface area contributed by atoms with Crippen molar-refractivity contribution in [2.75, 3.05) is 24.7 Å². The molecule has 2 heterocycles. The van der Waals surface area contributed by atoms with Gasteiger partial charge in [0, 0.05) is 18.4 Å². The second kappa shape index (κ2) is 4.72. The topological polar surface area (TPSA) is 64.4 Å². The van der Waals surface area contributed by atoms with E-state index < -0.39 is 5.54 Å². The molecule has 2 unspecified atom stereocenters. The van der Waals surface area contributed by atoms with Gasteiger partial charge in [-0.3, -0.25) is 4.79 Å². The molecule has 0 aromatic carbocycles. The van der Waals surface area contributed by atoms with E-state index in [2.05, 4.69) is 5.32 Å². The lowest BCUT2D eigenvalue weighted by Gasteiger charge is -2.27. The quantitative estimate of drug-likeness (QED) is 0.707. The monoisotopic (exact) mass is 230 g/mol. The summed E-state index contributed by atoms with van der Waals surface area (Å²) in [5.74, 6) is 2.19. The van der Waals surface area contributed by atoms with Crippen LogP contribution in [0.15, 0.2) is 0 Å². The molecular formula is C10H18N2O2S. The first kappa shape index (κ1) is 11.2. The number of nitrogens with one attached hydrogen (secondary N) is 1. The van der Waals surface area contributed by atoms with E-state index in [9.17, 15) is 4.79 Å². The zero-order chi connectivity index (χ0) is 10.7. The van der Waals surface area contributed by atoms with Crippen LogP contribution < -0.4 is 11.1 Å². The summed E-state index contributed by atoms with van der Waals surface area (Å²) < 4.78 is 5.18. The number of carbonyl (C=O) groups is 1. The highest BCUT2D eigenvalue weighted by atomic mass is 32.2. The Balaban J connectivity index is 1.85. The molecule has 2 rings (SSSR count). The molecule has 86 valence electrons. The standard InChI is InChI=1S/C10H18N2O2S/c11-10(3-4-14-7-10)9(13)12-8-2-1-5-15-6-8/h8H,1-7,11H2,(H,12,13). The summed E-state index contributed by atoms with van der Waals surface area (Å²) in [5.41, 5.74) is 5.20. The number of hydrogen-bond acceptors (Lipinski definition) is 4. The molecule has 2 saturated heterocycles. The van der Waals surface area contributed by atoms with Gasteiger partial charge in [-0.05, 0) is 25.0 Å². The highest BCUT2D eigenvalue weighted by molar-refractivity contribution is 7.99. The van der Waals surface area contributed by atoms with E-state index in [1.54, 1.807) is 0 Å². The Morgan fingerprint density at radius 2 is 2.47 bits per heavy atom. The van der Waals surface area contributed by atoms with Crippen LogP contribution in [0.25, 0.3) is 0 Å². The molecule has 0 aliphatic carbocycles. The molecule has 0 radical (unpaired) electrons. The predicted molar refractivity (Wildman–Crippen MR) is 60.8 cm³/mol. The Morgan fingerprint density at radius 3 is 3.07 bits per heavy atom. The number of rotatable bonds is 2. The van der Waals surface area contributed by atoms with Crippen molar-refractivity contribution in [3.63, 3.8) is 0 Å².